The Bertz CT molecular complexity index is 747. The van der Waals surface area contributed by atoms with Crippen LogP contribution in [0.3, 0.4) is 0 Å². The van der Waals surface area contributed by atoms with E-state index in [4.69, 9.17) is 0 Å². The van der Waals surface area contributed by atoms with Crippen LogP contribution in [0.5, 0.6) is 0 Å². The zero-order valence-electron chi connectivity index (χ0n) is 18.0. The molecule has 2 heterocycles. The number of guanidine groups is 1. The van der Waals surface area contributed by atoms with Gasteiger partial charge in [-0.25, -0.2) is 4.98 Å². The Hall–Kier alpha value is -2.60. The van der Waals surface area contributed by atoms with Gasteiger partial charge in [0.15, 0.2) is 5.96 Å². The van der Waals surface area contributed by atoms with Gasteiger partial charge in [-0.2, -0.15) is 0 Å². The molecule has 1 fully saturated rings. The Morgan fingerprint density at radius 1 is 1.00 bits per heavy atom. The molecular formula is C23H34N6. The van der Waals surface area contributed by atoms with E-state index in [2.05, 4.69) is 74.2 Å². The van der Waals surface area contributed by atoms with Gasteiger partial charge in [0.05, 0.1) is 0 Å². The molecule has 1 aromatic carbocycles. The molecule has 1 aromatic heterocycles. The molecule has 0 amide bonds. The highest BCUT2D eigenvalue weighted by atomic mass is 15.4. The lowest BCUT2D eigenvalue weighted by atomic mass is 10.1. The Balaban J connectivity index is 1.48. The van der Waals surface area contributed by atoms with E-state index in [1.165, 1.54) is 11.1 Å². The van der Waals surface area contributed by atoms with E-state index in [1.54, 1.807) is 0 Å². The van der Waals surface area contributed by atoms with Crippen molar-refractivity contribution in [2.45, 2.75) is 26.9 Å². The van der Waals surface area contributed by atoms with Gasteiger partial charge in [0.2, 0.25) is 0 Å². The van der Waals surface area contributed by atoms with Gasteiger partial charge in [-0.05, 0) is 36.3 Å². The van der Waals surface area contributed by atoms with Crippen molar-refractivity contribution in [1.82, 2.24) is 20.1 Å². The monoisotopic (exact) mass is 394 g/mol. The van der Waals surface area contributed by atoms with Crippen molar-refractivity contribution in [3.8, 4) is 0 Å². The summed E-state index contributed by atoms with van der Waals surface area (Å²) in [5, 5.41) is 3.52. The zero-order chi connectivity index (χ0) is 20.5. The average molecular weight is 395 g/mol. The fourth-order valence-electron chi connectivity index (χ4n) is 3.67. The summed E-state index contributed by atoms with van der Waals surface area (Å²) in [6, 6.07) is 15.0. The van der Waals surface area contributed by atoms with Gasteiger partial charge in [-0.15, -0.1) is 0 Å². The molecule has 29 heavy (non-hydrogen) atoms. The molecule has 3 rings (SSSR count). The van der Waals surface area contributed by atoms with Gasteiger partial charge in [0, 0.05) is 52.5 Å². The summed E-state index contributed by atoms with van der Waals surface area (Å²) in [6.07, 6.45) is 1.86. The summed E-state index contributed by atoms with van der Waals surface area (Å²) < 4.78 is 0. The number of aromatic nitrogens is 1. The van der Waals surface area contributed by atoms with Crippen LogP contribution in [0.25, 0.3) is 0 Å². The van der Waals surface area contributed by atoms with Gasteiger partial charge in [-0.3, -0.25) is 9.89 Å². The first kappa shape index (κ1) is 21.1. The van der Waals surface area contributed by atoms with Gasteiger partial charge in [0.25, 0.3) is 0 Å². The Kier molecular flexibility index (Phi) is 7.87. The highest BCUT2D eigenvalue weighted by Gasteiger charge is 2.20. The zero-order valence-corrected chi connectivity index (χ0v) is 18.0. The molecule has 6 nitrogen and oxygen atoms in total. The largest absolute Gasteiger partial charge is 0.353 e. The number of nitrogens with zero attached hydrogens (tertiary/aromatic N) is 5. The minimum absolute atomic E-state index is 0.790. The quantitative estimate of drug-likeness (QED) is 0.578. The summed E-state index contributed by atoms with van der Waals surface area (Å²) in [4.78, 5) is 16.0. The molecule has 6 heteroatoms. The second kappa shape index (κ2) is 10.8. The number of hydrogen-bond acceptors (Lipinski definition) is 4. The molecule has 0 bridgehead atoms. The first-order chi connectivity index (χ1) is 14.2. The summed E-state index contributed by atoms with van der Waals surface area (Å²) in [6.45, 7) is 12.2. The number of hydrogen-bond donors (Lipinski definition) is 1. The Labute approximate surface area is 175 Å². The topological polar surface area (TPSA) is 47.0 Å². The van der Waals surface area contributed by atoms with Crippen LogP contribution in [0.2, 0.25) is 0 Å². The standard InChI is InChI=1S/C23H34N6/c1-4-27(5-2)19-21-11-9-20(10-12-21)18-26-23(24-3)29-16-14-28(15-17-29)22-8-6-7-13-25-22/h6-13H,4-5,14-19H2,1-3H3,(H,24,26). The molecule has 1 saturated heterocycles. The predicted octanol–water partition coefficient (Wildman–Crippen LogP) is 2.82. The first-order valence-corrected chi connectivity index (χ1v) is 10.6. The number of pyridine rings is 1. The molecule has 0 spiro atoms. The Morgan fingerprint density at radius 2 is 1.69 bits per heavy atom. The maximum absolute atomic E-state index is 4.49. The third-order valence-corrected chi connectivity index (χ3v) is 5.54. The lowest BCUT2D eigenvalue weighted by molar-refractivity contribution is 0.296. The fraction of sp³-hybridized carbons (Fsp3) is 0.478. The van der Waals surface area contributed by atoms with Gasteiger partial charge >= 0.3 is 0 Å². The molecule has 0 unspecified atom stereocenters. The summed E-state index contributed by atoms with van der Waals surface area (Å²) in [5.74, 6) is 2.03. The highest BCUT2D eigenvalue weighted by Crippen LogP contribution is 2.13. The number of piperazine rings is 1. The van der Waals surface area contributed by atoms with Gasteiger partial charge < -0.3 is 15.1 Å². The number of nitrogens with one attached hydrogen (secondary N) is 1. The predicted molar refractivity (Wildman–Crippen MR) is 121 cm³/mol. The minimum Gasteiger partial charge on any atom is -0.353 e. The van der Waals surface area contributed by atoms with Crippen molar-refractivity contribution in [3.05, 3.63) is 59.8 Å². The average Bonchev–Trinajstić information content (AvgIpc) is 2.80. The maximum Gasteiger partial charge on any atom is 0.194 e. The normalized spacial score (nSPS) is 15.1. The maximum atomic E-state index is 4.49. The van der Waals surface area contributed by atoms with E-state index in [9.17, 15) is 0 Å². The SMILES string of the molecule is CCN(CC)Cc1ccc(CNC(=NC)N2CCN(c3ccccn3)CC2)cc1. The van der Waals surface area contributed by atoms with Crippen LogP contribution in [0.4, 0.5) is 5.82 Å². The number of benzene rings is 1. The lowest BCUT2D eigenvalue weighted by Gasteiger charge is -2.37. The second-order valence-corrected chi connectivity index (χ2v) is 7.34. The lowest BCUT2D eigenvalue weighted by Crippen LogP contribution is -2.52. The van der Waals surface area contributed by atoms with Crippen molar-refractivity contribution in [3.63, 3.8) is 0 Å². The van der Waals surface area contributed by atoms with E-state index in [1.807, 2.05) is 25.4 Å². The van der Waals surface area contributed by atoms with E-state index in [0.29, 0.717) is 0 Å². The summed E-state index contributed by atoms with van der Waals surface area (Å²) in [7, 11) is 1.86. The third-order valence-electron chi connectivity index (χ3n) is 5.54. The van der Waals surface area contributed by atoms with E-state index < -0.39 is 0 Å². The van der Waals surface area contributed by atoms with Crippen LogP contribution in [0.15, 0.2) is 53.7 Å². The van der Waals surface area contributed by atoms with Crippen LogP contribution >= 0.6 is 0 Å². The molecule has 0 radical (unpaired) electrons. The summed E-state index contributed by atoms with van der Waals surface area (Å²) in [5.41, 5.74) is 2.65. The van der Waals surface area contributed by atoms with Crippen molar-refractivity contribution < 1.29 is 0 Å². The number of rotatable bonds is 7. The molecule has 1 aliphatic heterocycles. The number of aliphatic imine (C=N–C) groups is 1. The van der Waals surface area contributed by atoms with E-state index in [0.717, 1.165) is 64.1 Å². The fourth-order valence-corrected chi connectivity index (χ4v) is 3.67. The van der Waals surface area contributed by atoms with E-state index in [-0.39, 0.29) is 0 Å². The van der Waals surface area contributed by atoms with Crippen LogP contribution in [0.1, 0.15) is 25.0 Å². The van der Waals surface area contributed by atoms with Gasteiger partial charge in [-0.1, -0.05) is 44.2 Å². The second-order valence-electron chi connectivity index (χ2n) is 7.34. The van der Waals surface area contributed by atoms with Gasteiger partial charge in [0.1, 0.15) is 5.82 Å². The molecular weight excluding hydrogens is 360 g/mol. The Morgan fingerprint density at radius 3 is 2.28 bits per heavy atom. The first-order valence-electron chi connectivity index (χ1n) is 10.6. The minimum atomic E-state index is 0.790. The molecule has 1 aliphatic rings. The van der Waals surface area contributed by atoms with Crippen molar-refractivity contribution in [2.24, 2.45) is 4.99 Å². The smallest absolute Gasteiger partial charge is 0.194 e. The van der Waals surface area contributed by atoms with Crippen LogP contribution in [-0.4, -0.2) is 67.1 Å². The highest BCUT2D eigenvalue weighted by molar-refractivity contribution is 5.80. The number of anilines is 1. The molecule has 2 aromatic rings. The van der Waals surface area contributed by atoms with Crippen LogP contribution < -0.4 is 10.2 Å². The van der Waals surface area contributed by atoms with Crippen LogP contribution in [0, 0.1) is 0 Å². The van der Waals surface area contributed by atoms with E-state index >= 15 is 0 Å². The van der Waals surface area contributed by atoms with Crippen molar-refractivity contribution in [1.29, 1.82) is 0 Å². The summed E-state index contributed by atoms with van der Waals surface area (Å²) >= 11 is 0. The molecule has 1 N–H and O–H groups in total. The molecule has 0 atom stereocenters. The third kappa shape index (κ3) is 5.94. The molecule has 0 aliphatic carbocycles. The molecule has 0 saturated carbocycles. The molecule has 156 valence electrons. The van der Waals surface area contributed by atoms with Crippen LogP contribution in [-0.2, 0) is 13.1 Å². The van der Waals surface area contributed by atoms with Crippen molar-refractivity contribution in [2.75, 3.05) is 51.2 Å². The van der Waals surface area contributed by atoms with Crippen molar-refractivity contribution >= 4 is 11.8 Å².